The second-order valence-corrected chi connectivity index (χ2v) is 6.33. The fraction of sp³-hybridized carbons (Fsp3) is 0.0833. The van der Waals surface area contributed by atoms with Gasteiger partial charge in [0.1, 0.15) is 28.7 Å². The largest absolute Gasteiger partial charge is 0.508 e. The minimum absolute atomic E-state index is 0.194. The summed E-state index contributed by atoms with van der Waals surface area (Å²) >= 11 is 0. The first-order valence-electron chi connectivity index (χ1n) is 8.90. The minimum atomic E-state index is 0.194. The molecule has 0 aliphatic heterocycles. The summed E-state index contributed by atoms with van der Waals surface area (Å²) in [6.45, 7) is 0. The minimum Gasteiger partial charge on any atom is -0.508 e. The van der Waals surface area contributed by atoms with Crippen molar-refractivity contribution in [2.45, 2.75) is 0 Å². The second kappa shape index (κ2) is 7.53. The molecular weight excluding hydrogens is 352 g/mol. The highest BCUT2D eigenvalue weighted by molar-refractivity contribution is 5.97. The number of methoxy groups -OCH3 is 2. The van der Waals surface area contributed by atoms with Crippen molar-refractivity contribution in [2.24, 2.45) is 0 Å². The van der Waals surface area contributed by atoms with Crippen molar-refractivity contribution in [1.82, 2.24) is 0 Å². The number of benzene rings is 4. The normalized spacial score (nSPS) is 10.6. The van der Waals surface area contributed by atoms with Crippen LogP contribution in [-0.2, 0) is 0 Å². The van der Waals surface area contributed by atoms with Gasteiger partial charge in [-0.05, 0) is 60.0 Å². The van der Waals surface area contributed by atoms with E-state index in [1.165, 1.54) is 0 Å². The highest BCUT2D eigenvalue weighted by Crippen LogP contribution is 2.43. The summed E-state index contributed by atoms with van der Waals surface area (Å²) < 4.78 is 17.2. The number of phenols is 1. The third kappa shape index (κ3) is 3.32. The smallest absolute Gasteiger partial charge is 0.143 e. The van der Waals surface area contributed by atoms with Crippen LogP contribution in [0.1, 0.15) is 0 Å². The molecule has 0 unspecified atom stereocenters. The number of hydrogen-bond donors (Lipinski definition) is 1. The Kier molecular flexibility index (Phi) is 4.77. The first-order valence-corrected chi connectivity index (χ1v) is 8.90. The lowest BCUT2D eigenvalue weighted by atomic mass is 9.98. The van der Waals surface area contributed by atoms with Crippen LogP contribution in [0.5, 0.6) is 28.7 Å². The van der Waals surface area contributed by atoms with Gasteiger partial charge in [0, 0.05) is 16.5 Å². The van der Waals surface area contributed by atoms with Gasteiger partial charge in [-0.3, -0.25) is 0 Å². The van der Waals surface area contributed by atoms with E-state index in [9.17, 15) is 5.11 Å². The molecule has 28 heavy (non-hydrogen) atoms. The molecule has 1 N–H and O–H groups in total. The Hall–Kier alpha value is -3.66. The summed E-state index contributed by atoms with van der Waals surface area (Å²) in [4.78, 5) is 0. The van der Waals surface area contributed by atoms with E-state index in [-0.39, 0.29) is 5.75 Å². The Balaban J connectivity index is 1.94. The van der Waals surface area contributed by atoms with E-state index in [2.05, 4.69) is 0 Å². The van der Waals surface area contributed by atoms with Crippen LogP contribution in [-0.4, -0.2) is 19.3 Å². The van der Waals surface area contributed by atoms with Gasteiger partial charge in [0.25, 0.3) is 0 Å². The van der Waals surface area contributed by atoms with Gasteiger partial charge in [0.15, 0.2) is 0 Å². The first kappa shape index (κ1) is 17.7. The van der Waals surface area contributed by atoms with Crippen molar-refractivity contribution in [2.75, 3.05) is 14.2 Å². The molecule has 4 aromatic rings. The first-order chi connectivity index (χ1) is 13.7. The predicted octanol–water partition coefficient (Wildman–Crippen LogP) is 6.02. The molecule has 0 aliphatic rings. The molecule has 4 heteroatoms. The topological polar surface area (TPSA) is 47.9 Å². The van der Waals surface area contributed by atoms with Crippen LogP contribution in [0.4, 0.5) is 0 Å². The average molecular weight is 372 g/mol. The summed E-state index contributed by atoms with van der Waals surface area (Å²) in [5.41, 5.74) is 1.86. The summed E-state index contributed by atoms with van der Waals surface area (Å²) in [5.74, 6) is 3.10. The number of hydrogen-bond acceptors (Lipinski definition) is 4. The van der Waals surface area contributed by atoms with Crippen molar-refractivity contribution < 1.29 is 19.3 Å². The predicted molar refractivity (Wildman–Crippen MR) is 111 cm³/mol. The van der Waals surface area contributed by atoms with Gasteiger partial charge in [0.2, 0.25) is 0 Å². The molecule has 0 amide bonds. The molecule has 0 aromatic heterocycles. The van der Waals surface area contributed by atoms with Gasteiger partial charge in [-0.15, -0.1) is 0 Å². The second-order valence-electron chi connectivity index (χ2n) is 6.33. The van der Waals surface area contributed by atoms with Crippen LogP contribution in [0.15, 0.2) is 78.9 Å². The third-order valence-electron chi connectivity index (χ3n) is 4.63. The van der Waals surface area contributed by atoms with Gasteiger partial charge >= 0.3 is 0 Å². The lowest BCUT2D eigenvalue weighted by molar-refractivity contribution is 0.415. The van der Waals surface area contributed by atoms with Crippen molar-refractivity contribution in [3.8, 4) is 39.9 Å². The zero-order valence-electron chi connectivity index (χ0n) is 15.7. The van der Waals surface area contributed by atoms with E-state index < -0.39 is 0 Å². The van der Waals surface area contributed by atoms with E-state index in [1.807, 2.05) is 54.6 Å². The van der Waals surface area contributed by atoms with Gasteiger partial charge in [-0.2, -0.15) is 0 Å². The number of phenolic OH excluding ortho intramolecular Hbond substituents is 1. The van der Waals surface area contributed by atoms with Crippen molar-refractivity contribution in [3.05, 3.63) is 78.9 Å². The molecule has 140 valence electrons. The zero-order chi connectivity index (χ0) is 19.5. The Morgan fingerprint density at radius 1 is 0.679 bits per heavy atom. The molecule has 0 heterocycles. The van der Waals surface area contributed by atoms with Gasteiger partial charge in [-0.1, -0.05) is 24.3 Å². The molecule has 4 rings (SSSR count). The van der Waals surface area contributed by atoms with Crippen molar-refractivity contribution in [1.29, 1.82) is 0 Å². The maximum Gasteiger partial charge on any atom is 0.143 e. The molecule has 0 atom stereocenters. The molecule has 0 saturated carbocycles. The lowest BCUT2D eigenvalue weighted by Crippen LogP contribution is -1.93. The zero-order valence-corrected chi connectivity index (χ0v) is 15.7. The summed E-state index contributed by atoms with van der Waals surface area (Å²) in [7, 11) is 3.31. The average Bonchev–Trinajstić information content (AvgIpc) is 2.75. The van der Waals surface area contributed by atoms with E-state index >= 15 is 0 Å². The van der Waals surface area contributed by atoms with Crippen LogP contribution in [0, 0.1) is 0 Å². The monoisotopic (exact) mass is 372 g/mol. The molecule has 0 spiro atoms. The van der Waals surface area contributed by atoms with E-state index in [0.717, 1.165) is 39.1 Å². The van der Waals surface area contributed by atoms with E-state index in [1.54, 1.807) is 38.5 Å². The van der Waals surface area contributed by atoms with Crippen LogP contribution >= 0.6 is 0 Å². The van der Waals surface area contributed by atoms with E-state index in [0.29, 0.717) is 5.75 Å². The quantitative estimate of drug-likeness (QED) is 0.465. The van der Waals surface area contributed by atoms with Crippen LogP contribution < -0.4 is 14.2 Å². The van der Waals surface area contributed by atoms with Crippen LogP contribution in [0.25, 0.3) is 21.9 Å². The summed E-state index contributed by atoms with van der Waals surface area (Å²) in [6.07, 6.45) is 0. The van der Waals surface area contributed by atoms with Crippen molar-refractivity contribution in [3.63, 3.8) is 0 Å². The SMILES string of the molecule is COc1ccc2c(Oc3ccc(O)cc3)c(-c3ccccc3OC)ccc2c1. The highest BCUT2D eigenvalue weighted by Gasteiger charge is 2.16. The van der Waals surface area contributed by atoms with Crippen molar-refractivity contribution >= 4 is 10.8 Å². The molecule has 4 nitrogen and oxygen atoms in total. The molecule has 4 aromatic carbocycles. The Morgan fingerprint density at radius 3 is 2.18 bits per heavy atom. The van der Waals surface area contributed by atoms with Gasteiger partial charge < -0.3 is 19.3 Å². The highest BCUT2D eigenvalue weighted by atomic mass is 16.5. The molecule has 0 aliphatic carbocycles. The Morgan fingerprint density at radius 2 is 1.43 bits per heavy atom. The molecule has 0 saturated heterocycles. The van der Waals surface area contributed by atoms with Crippen LogP contribution in [0.3, 0.4) is 0 Å². The number of ether oxygens (including phenoxy) is 3. The number of fused-ring (bicyclic) bond motifs is 1. The van der Waals surface area contributed by atoms with Gasteiger partial charge in [-0.25, -0.2) is 0 Å². The molecular formula is C24H20O4. The molecule has 0 fully saturated rings. The van der Waals surface area contributed by atoms with Crippen LogP contribution in [0.2, 0.25) is 0 Å². The fourth-order valence-electron chi connectivity index (χ4n) is 3.23. The maximum atomic E-state index is 9.57. The Bertz CT molecular complexity index is 1120. The third-order valence-corrected chi connectivity index (χ3v) is 4.63. The standard InChI is InChI=1S/C24H20O4/c1-26-19-12-14-20-16(15-19)7-13-22(21-5-3-4-6-23(21)27-2)24(20)28-18-10-8-17(25)9-11-18/h3-15,25H,1-2H3. The van der Waals surface area contributed by atoms with E-state index in [4.69, 9.17) is 14.2 Å². The molecule has 0 radical (unpaired) electrons. The maximum absolute atomic E-state index is 9.57. The Labute approximate surface area is 163 Å². The number of para-hydroxylation sites is 1. The number of aromatic hydroxyl groups is 1. The van der Waals surface area contributed by atoms with Gasteiger partial charge in [0.05, 0.1) is 14.2 Å². The summed E-state index contributed by atoms with van der Waals surface area (Å²) in [5, 5.41) is 11.5. The lowest BCUT2D eigenvalue weighted by Gasteiger charge is -2.17. The summed E-state index contributed by atoms with van der Waals surface area (Å²) in [6, 6.07) is 24.5. The molecule has 0 bridgehead atoms. The number of rotatable bonds is 5. The fourth-order valence-corrected chi connectivity index (χ4v) is 3.23.